The van der Waals surface area contributed by atoms with Crippen LogP contribution in [0.4, 0.5) is 0 Å². The highest BCUT2D eigenvalue weighted by Crippen LogP contribution is 2.40. The second-order valence-corrected chi connectivity index (χ2v) is 9.28. The highest BCUT2D eigenvalue weighted by Gasteiger charge is 2.46. The first-order chi connectivity index (χ1) is 14.0. The van der Waals surface area contributed by atoms with Crippen LogP contribution in [-0.4, -0.2) is 85.1 Å². The molecule has 0 aromatic carbocycles. The molecule has 1 saturated heterocycles. The zero-order valence-corrected chi connectivity index (χ0v) is 18.7. The number of aliphatic hydroxyl groups excluding tert-OH is 4. The van der Waals surface area contributed by atoms with Gasteiger partial charge in [-0.1, -0.05) is 38.5 Å². The van der Waals surface area contributed by atoms with E-state index in [4.69, 9.17) is 26.4 Å². The van der Waals surface area contributed by atoms with E-state index in [0.29, 0.717) is 12.1 Å². The van der Waals surface area contributed by atoms with Crippen molar-refractivity contribution in [3.8, 4) is 0 Å². The Morgan fingerprint density at radius 1 is 0.806 bits per heavy atom. The molecule has 13 heteroatoms. The van der Waals surface area contributed by atoms with E-state index in [1.54, 1.807) is 0 Å². The molecule has 31 heavy (non-hydrogen) atoms. The van der Waals surface area contributed by atoms with Crippen LogP contribution in [0.1, 0.15) is 64.2 Å². The molecule has 0 amide bonds. The maximum Gasteiger partial charge on any atom is 0.472 e. The van der Waals surface area contributed by atoms with Crippen LogP contribution in [0.25, 0.3) is 0 Å². The summed E-state index contributed by atoms with van der Waals surface area (Å²) in [6.07, 6.45) is 5.07. The van der Waals surface area contributed by atoms with Crippen molar-refractivity contribution in [2.75, 3.05) is 6.61 Å². The minimum absolute atomic E-state index is 0. The van der Waals surface area contributed by atoms with Crippen LogP contribution in [0.15, 0.2) is 0 Å². The van der Waals surface area contributed by atoms with E-state index in [9.17, 15) is 19.9 Å². The third-order valence-corrected chi connectivity index (χ3v) is 5.87. The van der Waals surface area contributed by atoms with Crippen molar-refractivity contribution in [1.29, 1.82) is 0 Å². The average Bonchev–Trinajstić information content (AvgIpc) is 2.70. The van der Waals surface area contributed by atoms with Crippen LogP contribution in [0.5, 0.6) is 0 Å². The molecule has 12 N–H and O–H groups in total. The van der Waals surface area contributed by atoms with Gasteiger partial charge in [0.1, 0.15) is 24.4 Å². The first-order valence-electron chi connectivity index (χ1n) is 10.6. The molecule has 3 aliphatic rings. The Hall–Kier alpha value is -0.210. The van der Waals surface area contributed by atoms with Crippen LogP contribution in [-0.2, 0) is 13.8 Å². The summed E-state index contributed by atoms with van der Waals surface area (Å²) in [6.45, 7) is -0.702. The lowest BCUT2D eigenvalue weighted by atomic mass is 9.97. The molecule has 1 heterocycles. The molecule has 12 nitrogen and oxygen atoms in total. The number of nitrogens with two attached hydrogens (primary N) is 2. The van der Waals surface area contributed by atoms with Gasteiger partial charge >= 0.3 is 7.82 Å². The predicted octanol–water partition coefficient (Wildman–Crippen LogP) is -1.37. The summed E-state index contributed by atoms with van der Waals surface area (Å²) in [5.41, 5.74) is 11.3. The summed E-state index contributed by atoms with van der Waals surface area (Å²) in [5, 5.41) is 36.6. The highest BCUT2D eigenvalue weighted by atomic mass is 31.2. The van der Waals surface area contributed by atoms with Crippen LogP contribution in [0.3, 0.4) is 0 Å². The van der Waals surface area contributed by atoms with Crippen molar-refractivity contribution < 1.29 is 49.5 Å². The Labute approximate surface area is 183 Å². The predicted molar refractivity (Wildman–Crippen MR) is 113 cm³/mol. The van der Waals surface area contributed by atoms with Crippen molar-refractivity contribution >= 4 is 7.82 Å². The fraction of sp³-hybridized carbons (Fsp3) is 1.00. The third kappa shape index (κ3) is 12.6. The van der Waals surface area contributed by atoms with Crippen molar-refractivity contribution in [3.63, 3.8) is 0 Å². The molecule has 2 saturated carbocycles. The summed E-state index contributed by atoms with van der Waals surface area (Å²) < 4.78 is 19.2. The molecule has 3 rings (SSSR count). The molecule has 5 atom stereocenters. The topological polar surface area (TPSA) is 240 Å². The fourth-order valence-electron chi connectivity index (χ4n) is 3.56. The number of phosphoric ester groups is 1. The van der Waals surface area contributed by atoms with E-state index in [0.717, 1.165) is 0 Å². The van der Waals surface area contributed by atoms with Crippen LogP contribution in [0, 0.1) is 0 Å². The molecule has 0 aromatic rings. The first-order valence-corrected chi connectivity index (χ1v) is 12.1. The molecular weight excluding hydrogens is 435 g/mol. The van der Waals surface area contributed by atoms with Gasteiger partial charge in [-0.3, -0.25) is 4.52 Å². The van der Waals surface area contributed by atoms with Crippen molar-refractivity contribution in [2.45, 2.75) is 107 Å². The highest BCUT2D eigenvalue weighted by molar-refractivity contribution is 7.46. The number of ether oxygens (including phenoxy) is 1. The summed E-state index contributed by atoms with van der Waals surface area (Å²) in [5.74, 6) is 0. The third-order valence-electron chi connectivity index (χ3n) is 5.39. The molecule has 0 radical (unpaired) electrons. The maximum absolute atomic E-state index is 10.5. The largest absolute Gasteiger partial charge is 0.472 e. The summed E-state index contributed by atoms with van der Waals surface area (Å²) in [4.78, 5) is 17.0. The van der Waals surface area contributed by atoms with Gasteiger partial charge in [0.25, 0.3) is 0 Å². The lowest BCUT2D eigenvalue weighted by Gasteiger charge is -2.39. The van der Waals surface area contributed by atoms with E-state index in [1.165, 1.54) is 64.2 Å². The fourth-order valence-corrected chi connectivity index (χ4v) is 4.00. The van der Waals surface area contributed by atoms with E-state index in [1.807, 2.05) is 0 Å². The standard InChI is InChI=1S/2C6H13N.C6H13O9P.H2O/c2*7-6-4-2-1-3-5-6;7-1-2-3(8)4(9)5(10)6(14-2)15-16(11,12)13;/h2*6H,1-5,7H2;2-10H,1H2,(H2,11,12,13);1H2. The number of hydrogen-bond donors (Lipinski definition) is 8. The average molecular weight is 477 g/mol. The van der Waals surface area contributed by atoms with Gasteiger partial charge in [-0.15, -0.1) is 0 Å². The van der Waals surface area contributed by atoms with Gasteiger partial charge in [0.15, 0.2) is 6.29 Å². The minimum Gasteiger partial charge on any atom is -0.412 e. The Balaban J connectivity index is 0.000000495. The number of phosphoric acid groups is 1. The summed E-state index contributed by atoms with van der Waals surface area (Å²) in [7, 11) is -4.91. The van der Waals surface area contributed by atoms with E-state index in [2.05, 4.69) is 9.26 Å². The van der Waals surface area contributed by atoms with Gasteiger partial charge in [-0.05, 0) is 25.7 Å². The van der Waals surface area contributed by atoms with Gasteiger partial charge in [0, 0.05) is 12.1 Å². The quantitative estimate of drug-likeness (QED) is 0.221. The van der Waals surface area contributed by atoms with Gasteiger partial charge in [0.05, 0.1) is 6.61 Å². The summed E-state index contributed by atoms with van der Waals surface area (Å²) >= 11 is 0. The zero-order chi connectivity index (χ0) is 22.7. The molecule has 1 aliphatic heterocycles. The Bertz CT molecular complexity index is 482. The van der Waals surface area contributed by atoms with Gasteiger partial charge in [-0.25, -0.2) is 4.57 Å². The van der Waals surface area contributed by atoms with Crippen molar-refractivity contribution in [2.24, 2.45) is 11.5 Å². The number of rotatable bonds is 3. The van der Waals surface area contributed by atoms with Crippen LogP contribution < -0.4 is 11.5 Å². The van der Waals surface area contributed by atoms with Gasteiger partial charge in [-0.2, -0.15) is 0 Å². The van der Waals surface area contributed by atoms with E-state index >= 15 is 0 Å². The molecular formula is C18H41N2O10P. The normalized spacial score (nSPS) is 32.6. The summed E-state index contributed by atoms with van der Waals surface area (Å²) in [6, 6.07) is 1.07. The molecule has 0 spiro atoms. The maximum atomic E-state index is 10.5. The van der Waals surface area contributed by atoms with Crippen LogP contribution >= 0.6 is 7.82 Å². The zero-order valence-electron chi connectivity index (χ0n) is 17.8. The SMILES string of the molecule is NC1CCCCC1.NC1CCCCC1.O.O=P(O)(O)OC1OC(CO)C(O)C(O)C1O. The van der Waals surface area contributed by atoms with Crippen molar-refractivity contribution in [1.82, 2.24) is 0 Å². The van der Waals surface area contributed by atoms with Gasteiger partial charge < -0.3 is 51.9 Å². The lowest BCUT2D eigenvalue weighted by Crippen LogP contribution is -2.58. The molecule has 5 unspecified atom stereocenters. The Kier molecular flexibility index (Phi) is 15.5. The van der Waals surface area contributed by atoms with E-state index in [-0.39, 0.29) is 5.48 Å². The molecule has 3 fully saturated rings. The minimum atomic E-state index is -4.91. The first kappa shape index (κ1) is 30.8. The molecule has 0 bridgehead atoms. The van der Waals surface area contributed by atoms with E-state index < -0.39 is 45.1 Å². The molecule has 188 valence electrons. The second kappa shape index (κ2) is 15.6. The number of aliphatic hydroxyl groups is 4. The monoisotopic (exact) mass is 476 g/mol. The second-order valence-electron chi connectivity index (χ2n) is 8.09. The van der Waals surface area contributed by atoms with Gasteiger partial charge in [0.2, 0.25) is 0 Å². The van der Waals surface area contributed by atoms with Crippen LogP contribution in [0.2, 0.25) is 0 Å². The van der Waals surface area contributed by atoms with Crippen molar-refractivity contribution in [3.05, 3.63) is 0 Å². The Morgan fingerprint density at radius 2 is 1.23 bits per heavy atom. The number of hydrogen-bond acceptors (Lipinski definition) is 9. The Morgan fingerprint density at radius 3 is 1.52 bits per heavy atom. The lowest BCUT2D eigenvalue weighted by molar-refractivity contribution is -0.280. The molecule has 2 aliphatic carbocycles. The molecule has 0 aromatic heterocycles. The smallest absolute Gasteiger partial charge is 0.412 e.